The van der Waals surface area contributed by atoms with E-state index in [1.807, 2.05) is 4.90 Å². The molecule has 1 atom stereocenters. The minimum Gasteiger partial charge on any atom is -0.481 e. The molecule has 2 heterocycles. The number of aliphatic carboxylic acids is 1. The molecule has 2 aromatic carbocycles. The zero-order valence-electron chi connectivity index (χ0n) is 22.4. The maximum absolute atomic E-state index is 13.4. The second kappa shape index (κ2) is 13.4. The van der Waals surface area contributed by atoms with Crippen molar-refractivity contribution in [3.05, 3.63) is 89.5 Å². The zero-order chi connectivity index (χ0) is 29.4. The van der Waals surface area contributed by atoms with Crippen molar-refractivity contribution in [3.63, 3.8) is 0 Å². The van der Waals surface area contributed by atoms with Crippen molar-refractivity contribution in [2.75, 3.05) is 43.5 Å². The van der Waals surface area contributed by atoms with Gasteiger partial charge >= 0.3 is 12.1 Å². The number of amides is 3. The van der Waals surface area contributed by atoms with Crippen LogP contribution in [0.25, 0.3) is 0 Å². The third kappa shape index (κ3) is 7.56. The molecular formula is C29H30FN5O6. The van der Waals surface area contributed by atoms with Gasteiger partial charge in [-0.1, -0.05) is 12.1 Å². The number of methoxy groups -OCH3 is 1. The van der Waals surface area contributed by atoms with Crippen LogP contribution in [-0.2, 0) is 9.53 Å². The van der Waals surface area contributed by atoms with Crippen LogP contribution in [-0.4, -0.2) is 72.2 Å². The van der Waals surface area contributed by atoms with Gasteiger partial charge in [0.05, 0.1) is 30.9 Å². The van der Waals surface area contributed by atoms with E-state index < -0.39 is 42.2 Å². The average Bonchev–Trinajstić information content (AvgIpc) is 3.23. The number of anilines is 2. The summed E-state index contributed by atoms with van der Waals surface area (Å²) in [5, 5.41) is 15.0. The summed E-state index contributed by atoms with van der Waals surface area (Å²) in [7, 11) is 1.33. The molecule has 3 aromatic rings. The number of nitrogens with zero attached hydrogens (tertiary/aromatic N) is 3. The number of aromatic nitrogens is 1. The highest BCUT2D eigenvalue weighted by molar-refractivity contribution is 6.07. The van der Waals surface area contributed by atoms with Crippen LogP contribution >= 0.6 is 0 Å². The number of ether oxygens (including phenoxy) is 1. The molecule has 0 bridgehead atoms. The average molecular weight is 564 g/mol. The predicted octanol–water partition coefficient (Wildman–Crippen LogP) is 3.70. The number of carbonyl (C=O) groups is 4. The molecule has 0 aliphatic carbocycles. The first-order valence-electron chi connectivity index (χ1n) is 13.0. The summed E-state index contributed by atoms with van der Waals surface area (Å²) in [6, 6.07) is 12.2. The van der Waals surface area contributed by atoms with Gasteiger partial charge in [0.2, 0.25) is 0 Å². The molecule has 12 heteroatoms. The molecule has 1 aliphatic heterocycles. The first-order chi connectivity index (χ1) is 19.7. The Morgan fingerprint density at radius 1 is 0.951 bits per heavy atom. The van der Waals surface area contributed by atoms with E-state index in [4.69, 9.17) is 4.74 Å². The van der Waals surface area contributed by atoms with Gasteiger partial charge in [-0.3, -0.25) is 19.4 Å². The van der Waals surface area contributed by atoms with E-state index in [1.165, 1.54) is 49.8 Å². The molecular weight excluding hydrogens is 533 g/mol. The number of carboxylic acid groups (broad SMARTS) is 1. The van der Waals surface area contributed by atoms with Crippen LogP contribution in [0.5, 0.6) is 0 Å². The van der Waals surface area contributed by atoms with Gasteiger partial charge in [0.25, 0.3) is 11.8 Å². The Morgan fingerprint density at radius 3 is 2.37 bits per heavy atom. The van der Waals surface area contributed by atoms with Gasteiger partial charge in [-0.05, 0) is 54.4 Å². The number of pyridine rings is 1. The molecule has 1 saturated heterocycles. The van der Waals surface area contributed by atoms with Crippen molar-refractivity contribution in [1.29, 1.82) is 0 Å². The number of benzene rings is 2. The molecule has 0 spiro atoms. The van der Waals surface area contributed by atoms with Crippen LogP contribution in [0, 0.1) is 5.82 Å². The summed E-state index contributed by atoms with van der Waals surface area (Å²) in [4.78, 5) is 57.5. The predicted molar refractivity (Wildman–Crippen MR) is 148 cm³/mol. The van der Waals surface area contributed by atoms with E-state index in [1.54, 1.807) is 29.2 Å². The van der Waals surface area contributed by atoms with E-state index in [-0.39, 0.29) is 5.56 Å². The zero-order valence-corrected chi connectivity index (χ0v) is 22.4. The number of hydrogen-bond acceptors (Lipinski definition) is 7. The van der Waals surface area contributed by atoms with Gasteiger partial charge in [-0.2, -0.15) is 0 Å². The molecule has 0 saturated carbocycles. The first kappa shape index (κ1) is 29.0. The topological polar surface area (TPSA) is 141 Å². The number of rotatable bonds is 8. The molecule has 4 rings (SSSR count). The Balaban J connectivity index is 1.62. The number of hydrogen-bond donors (Lipinski definition) is 3. The molecule has 1 fully saturated rings. The Morgan fingerprint density at radius 2 is 1.68 bits per heavy atom. The third-order valence-electron chi connectivity index (χ3n) is 6.68. The van der Waals surface area contributed by atoms with Crippen molar-refractivity contribution in [2.24, 2.45) is 0 Å². The minimum absolute atomic E-state index is 0.183. The lowest BCUT2D eigenvalue weighted by molar-refractivity contribution is -0.137. The molecule has 11 nitrogen and oxygen atoms in total. The smallest absolute Gasteiger partial charge is 0.409 e. The monoisotopic (exact) mass is 563 g/mol. The van der Waals surface area contributed by atoms with Crippen molar-refractivity contribution >= 4 is 35.3 Å². The molecule has 1 unspecified atom stereocenters. The van der Waals surface area contributed by atoms with Crippen molar-refractivity contribution < 1.29 is 33.4 Å². The second-order valence-electron chi connectivity index (χ2n) is 9.40. The van der Waals surface area contributed by atoms with Crippen molar-refractivity contribution in [3.8, 4) is 0 Å². The van der Waals surface area contributed by atoms with Gasteiger partial charge in [0.15, 0.2) is 0 Å². The summed E-state index contributed by atoms with van der Waals surface area (Å²) in [6.45, 7) is 1.96. The maximum Gasteiger partial charge on any atom is 0.409 e. The summed E-state index contributed by atoms with van der Waals surface area (Å²) in [5.41, 5.74) is 2.00. The third-order valence-corrected chi connectivity index (χ3v) is 6.68. The van der Waals surface area contributed by atoms with Crippen LogP contribution in [0.1, 0.15) is 45.2 Å². The number of halogens is 1. The standard InChI is InChI=1S/C29H30FN5O6/c1-41-29(40)35-14-2-13-34(15-16-35)25-8-5-21(17-24(25)33-27(38)20-9-11-31-12-10-20)28(39)32-23(18-26(36)37)19-3-6-22(30)7-4-19/h3-12,17,23H,2,13-16,18H2,1H3,(H,32,39)(H,33,38)(H,36,37). The first-order valence-corrected chi connectivity index (χ1v) is 13.0. The molecule has 0 radical (unpaired) electrons. The molecule has 1 aliphatic rings. The minimum atomic E-state index is -1.14. The van der Waals surface area contributed by atoms with Gasteiger partial charge in [0.1, 0.15) is 5.82 Å². The highest BCUT2D eigenvalue weighted by Crippen LogP contribution is 2.30. The Bertz CT molecular complexity index is 1400. The van der Waals surface area contributed by atoms with E-state index in [9.17, 15) is 28.7 Å². The highest BCUT2D eigenvalue weighted by Gasteiger charge is 2.24. The van der Waals surface area contributed by atoms with Crippen LogP contribution in [0.15, 0.2) is 67.0 Å². The van der Waals surface area contributed by atoms with Gasteiger partial charge in [-0.15, -0.1) is 0 Å². The number of nitrogens with one attached hydrogen (secondary N) is 2. The van der Waals surface area contributed by atoms with Gasteiger partial charge in [0, 0.05) is 49.7 Å². The lowest BCUT2D eigenvalue weighted by Crippen LogP contribution is -2.35. The maximum atomic E-state index is 13.4. The molecule has 3 amide bonds. The van der Waals surface area contributed by atoms with Crippen molar-refractivity contribution in [2.45, 2.75) is 18.9 Å². The lowest BCUT2D eigenvalue weighted by atomic mass is 10.0. The largest absolute Gasteiger partial charge is 0.481 e. The van der Waals surface area contributed by atoms with Crippen LogP contribution in [0.2, 0.25) is 0 Å². The quantitative estimate of drug-likeness (QED) is 0.377. The van der Waals surface area contributed by atoms with Gasteiger partial charge < -0.3 is 30.3 Å². The van der Waals surface area contributed by atoms with E-state index in [2.05, 4.69) is 15.6 Å². The lowest BCUT2D eigenvalue weighted by Gasteiger charge is -2.26. The van der Waals surface area contributed by atoms with Crippen molar-refractivity contribution in [1.82, 2.24) is 15.2 Å². The fourth-order valence-corrected chi connectivity index (χ4v) is 4.58. The Kier molecular flexibility index (Phi) is 9.46. The molecule has 1 aromatic heterocycles. The number of carbonyl (C=O) groups excluding carboxylic acids is 3. The molecule has 3 N–H and O–H groups in total. The van der Waals surface area contributed by atoms with Crippen LogP contribution in [0.4, 0.5) is 20.6 Å². The van der Waals surface area contributed by atoms with Crippen LogP contribution in [0.3, 0.4) is 0 Å². The van der Waals surface area contributed by atoms with Gasteiger partial charge in [-0.25, -0.2) is 9.18 Å². The highest BCUT2D eigenvalue weighted by atomic mass is 19.1. The van der Waals surface area contributed by atoms with Crippen LogP contribution < -0.4 is 15.5 Å². The fourth-order valence-electron chi connectivity index (χ4n) is 4.58. The van der Waals surface area contributed by atoms with E-state index in [0.29, 0.717) is 55.1 Å². The normalized spacial score (nSPS) is 14.0. The second-order valence-corrected chi connectivity index (χ2v) is 9.40. The summed E-state index contributed by atoms with van der Waals surface area (Å²) >= 11 is 0. The van der Waals surface area contributed by atoms with E-state index in [0.717, 1.165) is 0 Å². The summed E-state index contributed by atoms with van der Waals surface area (Å²) < 4.78 is 18.3. The molecule has 214 valence electrons. The summed E-state index contributed by atoms with van der Waals surface area (Å²) in [5.74, 6) is -2.60. The Hall–Kier alpha value is -5.00. The number of carboxylic acids is 1. The van der Waals surface area contributed by atoms with E-state index >= 15 is 0 Å². The Labute approximate surface area is 235 Å². The SMILES string of the molecule is COC(=O)N1CCCN(c2ccc(C(=O)NC(CC(=O)O)c3ccc(F)cc3)cc2NC(=O)c2ccncc2)CC1. The summed E-state index contributed by atoms with van der Waals surface area (Å²) in [6.07, 6.45) is 2.82. The molecule has 41 heavy (non-hydrogen) atoms. The fraction of sp³-hybridized carbons (Fsp3) is 0.276.